The van der Waals surface area contributed by atoms with Gasteiger partial charge in [0, 0.05) is 12.4 Å². The molecule has 0 aliphatic heterocycles. The summed E-state index contributed by atoms with van der Waals surface area (Å²) in [7, 11) is -0.0424. The van der Waals surface area contributed by atoms with Gasteiger partial charge in [0.2, 0.25) is 11.6 Å². The number of nitrogens with zero attached hydrogens (tertiary/aromatic N) is 4. The summed E-state index contributed by atoms with van der Waals surface area (Å²) in [4.78, 5) is 28.5. The first kappa shape index (κ1) is 27.0. The van der Waals surface area contributed by atoms with Crippen molar-refractivity contribution in [1.82, 2.24) is 19.9 Å². The number of nitrogens with one attached hydrogen (secondary N) is 1. The zero-order valence-corrected chi connectivity index (χ0v) is 21.9. The van der Waals surface area contributed by atoms with E-state index in [2.05, 4.69) is 29.4 Å². The maximum Gasteiger partial charge on any atom is 0.337 e. The molecular formula is C26H23N5O7S. The quantitative estimate of drug-likeness (QED) is 0.286. The van der Waals surface area contributed by atoms with E-state index in [4.69, 9.17) is 14.2 Å². The number of aromatic nitrogens is 4. The number of carbonyl (C=O) groups is 1. The third-order valence-electron chi connectivity index (χ3n) is 5.09. The maximum atomic E-state index is 13.1. The molecule has 39 heavy (non-hydrogen) atoms. The molecule has 0 aliphatic carbocycles. The number of rotatable bonds is 10. The van der Waals surface area contributed by atoms with E-state index in [0.29, 0.717) is 16.9 Å². The van der Waals surface area contributed by atoms with E-state index in [0.717, 1.165) is 5.41 Å². The standard InChI is InChI=1S/C26H23N5O7S/c1-35-19-7-4-5-8-20(19)38-21-22(29-24(30-25(21)36-2)23-27-14-6-15-28-23)31-39(33,34)16-13-17-9-11-18(12-10-17)26(32)37-3/h4-16H,1-3H3,(H,29,30,31). The Labute approximate surface area is 224 Å². The highest BCUT2D eigenvalue weighted by atomic mass is 32.2. The molecule has 0 fully saturated rings. The molecule has 0 aliphatic rings. The fraction of sp³-hybridized carbons (Fsp3) is 0.115. The van der Waals surface area contributed by atoms with Crippen molar-refractivity contribution in [2.45, 2.75) is 0 Å². The van der Waals surface area contributed by atoms with Crippen LogP contribution in [-0.2, 0) is 14.8 Å². The molecule has 2 heterocycles. The Hall–Kier alpha value is -5.04. The van der Waals surface area contributed by atoms with E-state index in [-0.39, 0.29) is 34.8 Å². The van der Waals surface area contributed by atoms with Crippen LogP contribution in [0, 0.1) is 0 Å². The fourth-order valence-corrected chi connectivity index (χ4v) is 4.05. The largest absolute Gasteiger partial charge is 0.493 e. The van der Waals surface area contributed by atoms with Crippen molar-refractivity contribution in [2.24, 2.45) is 0 Å². The molecule has 12 nitrogen and oxygen atoms in total. The van der Waals surface area contributed by atoms with Crippen LogP contribution in [0.2, 0.25) is 0 Å². The number of benzene rings is 2. The minimum Gasteiger partial charge on any atom is -0.493 e. The zero-order chi connectivity index (χ0) is 27.8. The summed E-state index contributed by atoms with van der Waals surface area (Å²) in [5.41, 5.74) is 0.856. The van der Waals surface area contributed by atoms with Gasteiger partial charge in [0.05, 0.1) is 32.3 Å². The van der Waals surface area contributed by atoms with E-state index in [1.807, 2.05) is 0 Å². The summed E-state index contributed by atoms with van der Waals surface area (Å²) >= 11 is 0. The molecular weight excluding hydrogens is 526 g/mol. The number of hydrogen-bond acceptors (Lipinski definition) is 11. The smallest absolute Gasteiger partial charge is 0.337 e. The first-order valence-electron chi connectivity index (χ1n) is 11.3. The zero-order valence-electron chi connectivity index (χ0n) is 21.1. The highest BCUT2D eigenvalue weighted by molar-refractivity contribution is 7.95. The third kappa shape index (κ3) is 6.64. The number of hydrogen-bond donors (Lipinski definition) is 1. The monoisotopic (exact) mass is 549 g/mol. The van der Waals surface area contributed by atoms with E-state index in [9.17, 15) is 13.2 Å². The normalized spacial score (nSPS) is 11.2. The van der Waals surface area contributed by atoms with Gasteiger partial charge in [-0.1, -0.05) is 24.3 Å². The number of para-hydroxylation sites is 2. The lowest BCUT2D eigenvalue weighted by molar-refractivity contribution is 0.0600. The van der Waals surface area contributed by atoms with Crippen molar-refractivity contribution >= 4 is 27.9 Å². The Morgan fingerprint density at radius 3 is 2.18 bits per heavy atom. The van der Waals surface area contributed by atoms with E-state index < -0.39 is 16.0 Å². The predicted octanol–water partition coefficient (Wildman–Crippen LogP) is 3.94. The molecule has 4 rings (SSSR count). The lowest BCUT2D eigenvalue weighted by Gasteiger charge is -2.16. The van der Waals surface area contributed by atoms with Gasteiger partial charge < -0.3 is 18.9 Å². The van der Waals surface area contributed by atoms with Crippen molar-refractivity contribution in [3.63, 3.8) is 0 Å². The molecule has 13 heteroatoms. The summed E-state index contributed by atoms with van der Waals surface area (Å²) in [5.74, 6) is -0.105. The number of sulfonamides is 1. The minimum absolute atomic E-state index is 0.0000877. The van der Waals surface area contributed by atoms with Crippen LogP contribution in [0.5, 0.6) is 23.1 Å². The third-order valence-corrected chi connectivity index (χ3v) is 6.06. The van der Waals surface area contributed by atoms with Gasteiger partial charge in [-0.2, -0.15) is 4.98 Å². The lowest BCUT2D eigenvalue weighted by atomic mass is 10.1. The maximum absolute atomic E-state index is 13.1. The van der Waals surface area contributed by atoms with Gasteiger partial charge >= 0.3 is 5.97 Å². The van der Waals surface area contributed by atoms with Crippen molar-refractivity contribution in [3.05, 3.63) is 83.5 Å². The second-order valence-corrected chi connectivity index (χ2v) is 9.19. The number of carbonyl (C=O) groups excluding carboxylic acids is 1. The number of methoxy groups -OCH3 is 3. The van der Waals surface area contributed by atoms with Crippen LogP contribution in [0.3, 0.4) is 0 Å². The Morgan fingerprint density at radius 2 is 1.54 bits per heavy atom. The highest BCUT2D eigenvalue weighted by Gasteiger charge is 2.23. The number of ether oxygens (including phenoxy) is 4. The van der Waals surface area contributed by atoms with Crippen molar-refractivity contribution in [2.75, 3.05) is 26.1 Å². The number of anilines is 1. The van der Waals surface area contributed by atoms with Crippen LogP contribution < -0.4 is 18.9 Å². The lowest BCUT2D eigenvalue weighted by Crippen LogP contribution is -2.13. The highest BCUT2D eigenvalue weighted by Crippen LogP contribution is 2.40. The SMILES string of the molecule is COC(=O)c1ccc(C=CS(=O)(=O)Nc2nc(-c3ncccn3)nc(OC)c2Oc2ccccc2OC)cc1. The summed E-state index contributed by atoms with van der Waals surface area (Å²) < 4.78 is 50.0. The van der Waals surface area contributed by atoms with Crippen LogP contribution in [0.1, 0.15) is 15.9 Å². The molecule has 0 bridgehead atoms. The molecule has 2 aromatic carbocycles. The van der Waals surface area contributed by atoms with Crippen molar-refractivity contribution in [3.8, 4) is 34.8 Å². The van der Waals surface area contributed by atoms with Crippen LogP contribution in [0.4, 0.5) is 5.82 Å². The fourth-order valence-electron chi connectivity index (χ4n) is 3.24. The van der Waals surface area contributed by atoms with Gasteiger partial charge in [0.15, 0.2) is 23.1 Å². The first-order valence-corrected chi connectivity index (χ1v) is 12.8. The van der Waals surface area contributed by atoms with Crippen LogP contribution in [0.15, 0.2) is 72.4 Å². The second-order valence-electron chi connectivity index (χ2n) is 7.62. The first-order chi connectivity index (χ1) is 18.8. The molecule has 0 saturated carbocycles. The molecule has 0 spiro atoms. The van der Waals surface area contributed by atoms with E-state index >= 15 is 0 Å². The molecule has 4 aromatic rings. The molecule has 1 N–H and O–H groups in total. The van der Waals surface area contributed by atoms with Crippen molar-refractivity contribution < 1.29 is 32.2 Å². The molecule has 0 saturated heterocycles. The topological polar surface area (TPSA) is 152 Å². The van der Waals surface area contributed by atoms with Crippen LogP contribution >= 0.6 is 0 Å². The van der Waals surface area contributed by atoms with Gasteiger partial charge in [0.1, 0.15) is 0 Å². The Kier molecular flexibility index (Phi) is 8.31. The van der Waals surface area contributed by atoms with Gasteiger partial charge in [0.25, 0.3) is 15.9 Å². The van der Waals surface area contributed by atoms with E-state index in [1.165, 1.54) is 51.9 Å². The Bertz CT molecular complexity index is 1600. The van der Waals surface area contributed by atoms with Crippen LogP contribution in [-0.4, -0.2) is 55.7 Å². The number of esters is 1. The predicted molar refractivity (Wildman–Crippen MR) is 142 cm³/mol. The van der Waals surface area contributed by atoms with Crippen LogP contribution in [0.25, 0.3) is 17.7 Å². The Morgan fingerprint density at radius 1 is 0.846 bits per heavy atom. The van der Waals surface area contributed by atoms with Gasteiger partial charge in [-0.25, -0.2) is 28.2 Å². The van der Waals surface area contributed by atoms with Gasteiger partial charge in [-0.15, -0.1) is 0 Å². The average Bonchev–Trinajstić information content (AvgIpc) is 2.97. The summed E-state index contributed by atoms with van der Waals surface area (Å²) in [6.07, 6.45) is 4.34. The van der Waals surface area contributed by atoms with Gasteiger partial charge in [-0.05, 0) is 42.0 Å². The molecule has 0 unspecified atom stereocenters. The van der Waals surface area contributed by atoms with Gasteiger partial charge in [-0.3, -0.25) is 4.72 Å². The molecule has 0 atom stereocenters. The Balaban J connectivity index is 1.73. The summed E-state index contributed by atoms with van der Waals surface area (Å²) in [6.45, 7) is 0. The molecule has 0 radical (unpaired) electrons. The summed E-state index contributed by atoms with van der Waals surface area (Å²) in [6, 6.07) is 14.6. The molecule has 2 aromatic heterocycles. The van der Waals surface area contributed by atoms with Crippen molar-refractivity contribution in [1.29, 1.82) is 0 Å². The molecule has 200 valence electrons. The summed E-state index contributed by atoms with van der Waals surface area (Å²) in [5, 5.41) is 0.945. The minimum atomic E-state index is -4.14. The average molecular weight is 550 g/mol. The molecule has 0 amide bonds. The van der Waals surface area contributed by atoms with E-state index in [1.54, 1.807) is 42.5 Å². The second kappa shape index (κ2) is 12.0.